The molecule has 0 unspecified atom stereocenters. The number of hydrogen-bond acceptors (Lipinski definition) is 6. The van der Waals surface area contributed by atoms with Gasteiger partial charge in [0.2, 0.25) is 17.7 Å². The Labute approximate surface area is 228 Å². The van der Waals surface area contributed by atoms with E-state index < -0.39 is 5.41 Å². The predicted molar refractivity (Wildman–Crippen MR) is 144 cm³/mol. The van der Waals surface area contributed by atoms with Crippen molar-refractivity contribution in [2.75, 3.05) is 26.7 Å². The molecule has 2 amide bonds. The summed E-state index contributed by atoms with van der Waals surface area (Å²) in [4.78, 5) is 32.8. The van der Waals surface area contributed by atoms with Crippen LogP contribution < -0.4 is 10.6 Å². The molecule has 1 saturated carbocycles. The van der Waals surface area contributed by atoms with Crippen molar-refractivity contribution in [1.82, 2.24) is 25.7 Å². The zero-order valence-corrected chi connectivity index (χ0v) is 22.4. The molecule has 2 aromatic carbocycles. The number of rotatable bonds is 10. The molecular formula is C30H36FN5O3. The number of likely N-dealkylation sites (tertiary alicyclic amines) is 1. The van der Waals surface area contributed by atoms with Gasteiger partial charge in [-0.1, -0.05) is 54.0 Å². The lowest BCUT2D eigenvalue weighted by Gasteiger charge is -2.38. The van der Waals surface area contributed by atoms with Crippen LogP contribution in [0.1, 0.15) is 67.4 Å². The molecule has 1 aliphatic carbocycles. The fourth-order valence-corrected chi connectivity index (χ4v) is 5.52. The Bertz CT molecular complexity index is 1250. The molecule has 1 atom stereocenters. The quantitative estimate of drug-likeness (QED) is 0.410. The van der Waals surface area contributed by atoms with Gasteiger partial charge in [0.25, 0.3) is 0 Å². The Morgan fingerprint density at radius 1 is 1.10 bits per heavy atom. The van der Waals surface area contributed by atoms with Crippen molar-refractivity contribution < 1.29 is 18.5 Å². The van der Waals surface area contributed by atoms with Gasteiger partial charge in [-0.25, -0.2) is 4.39 Å². The van der Waals surface area contributed by atoms with Crippen LogP contribution in [0.5, 0.6) is 0 Å². The zero-order valence-electron chi connectivity index (χ0n) is 22.4. The second-order valence-electron chi connectivity index (χ2n) is 10.7. The van der Waals surface area contributed by atoms with Crippen LogP contribution in [-0.4, -0.2) is 53.5 Å². The number of amides is 2. The van der Waals surface area contributed by atoms with Crippen molar-refractivity contribution in [3.8, 4) is 0 Å². The maximum Gasteiger partial charge on any atom is 0.242 e. The van der Waals surface area contributed by atoms with E-state index >= 15 is 0 Å². The van der Waals surface area contributed by atoms with E-state index in [1.807, 2.05) is 18.2 Å². The Morgan fingerprint density at radius 2 is 1.82 bits per heavy atom. The summed E-state index contributed by atoms with van der Waals surface area (Å²) in [5, 5.41) is 10.2. The number of nitrogens with one attached hydrogen (secondary N) is 2. The first-order chi connectivity index (χ1) is 19.0. The second kappa shape index (κ2) is 12.1. The van der Waals surface area contributed by atoms with Gasteiger partial charge >= 0.3 is 0 Å². The van der Waals surface area contributed by atoms with E-state index in [9.17, 15) is 14.0 Å². The van der Waals surface area contributed by atoms with Crippen LogP contribution in [0, 0.1) is 11.7 Å². The molecule has 2 heterocycles. The number of benzene rings is 2. The summed E-state index contributed by atoms with van der Waals surface area (Å²) >= 11 is 0. The first-order valence-electron chi connectivity index (χ1n) is 13.8. The van der Waals surface area contributed by atoms with Gasteiger partial charge in [0, 0.05) is 25.9 Å². The average molecular weight is 534 g/mol. The molecule has 2 N–H and O–H groups in total. The molecular weight excluding hydrogens is 497 g/mol. The monoisotopic (exact) mass is 533 g/mol. The molecule has 1 aromatic heterocycles. The maximum absolute atomic E-state index is 13.3. The summed E-state index contributed by atoms with van der Waals surface area (Å²) in [6, 6.07) is 16.3. The predicted octanol–water partition coefficient (Wildman–Crippen LogP) is 3.93. The zero-order chi connectivity index (χ0) is 27.2. The number of hydrogen-bond donors (Lipinski definition) is 2. The van der Waals surface area contributed by atoms with Crippen LogP contribution in [0.25, 0.3) is 0 Å². The van der Waals surface area contributed by atoms with Gasteiger partial charge < -0.3 is 20.1 Å². The standard InChI is InChI=1S/C30H36FN5O3/c1-32-28(38)30(29-34-26(35-39-29)20-21-10-12-24(31)13-11-21)15-18-36(19-16-30)17-14-25(22-6-3-2-4-7-22)33-27(37)23-8-5-9-23/h2-4,6-7,10-13,23,25H,5,8-9,14-20H2,1H3,(H,32,38)(H,33,37)/t25-/m0/s1. The van der Waals surface area contributed by atoms with E-state index in [0.29, 0.717) is 44.1 Å². The summed E-state index contributed by atoms with van der Waals surface area (Å²) in [7, 11) is 1.63. The normalized spacial score (nSPS) is 18.2. The summed E-state index contributed by atoms with van der Waals surface area (Å²) in [6.45, 7) is 2.19. The van der Waals surface area contributed by atoms with Gasteiger partial charge in [-0.3, -0.25) is 9.59 Å². The third-order valence-corrected chi connectivity index (χ3v) is 8.25. The fraction of sp³-hybridized carbons (Fsp3) is 0.467. The van der Waals surface area contributed by atoms with Crippen LogP contribution in [0.15, 0.2) is 59.1 Å². The largest absolute Gasteiger partial charge is 0.358 e. The van der Waals surface area contributed by atoms with E-state index in [4.69, 9.17) is 4.52 Å². The summed E-state index contributed by atoms with van der Waals surface area (Å²) in [5.41, 5.74) is 1.09. The van der Waals surface area contributed by atoms with Crippen LogP contribution in [0.4, 0.5) is 4.39 Å². The highest BCUT2D eigenvalue weighted by atomic mass is 19.1. The molecule has 9 heteroatoms. The number of aromatic nitrogens is 2. The highest BCUT2D eigenvalue weighted by Gasteiger charge is 2.47. The van der Waals surface area contributed by atoms with E-state index in [0.717, 1.165) is 43.4 Å². The molecule has 39 heavy (non-hydrogen) atoms. The number of piperidine rings is 1. The maximum atomic E-state index is 13.3. The molecule has 2 aliphatic rings. The van der Waals surface area contributed by atoms with Gasteiger partial charge in [-0.2, -0.15) is 4.98 Å². The number of halogens is 1. The number of likely N-dealkylation sites (N-methyl/N-ethyl adjacent to an activating group) is 1. The third-order valence-electron chi connectivity index (χ3n) is 8.25. The molecule has 2 fully saturated rings. The molecule has 0 bridgehead atoms. The Balaban J connectivity index is 1.23. The minimum Gasteiger partial charge on any atom is -0.358 e. The lowest BCUT2D eigenvalue weighted by atomic mass is 9.77. The van der Waals surface area contributed by atoms with Crippen molar-refractivity contribution in [2.45, 2.75) is 56.4 Å². The van der Waals surface area contributed by atoms with Crippen molar-refractivity contribution in [3.63, 3.8) is 0 Å². The summed E-state index contributed by atoms with van der Waals surface area (Å²) in [5.74, 6) is 0.661. The average Bonchev–Trinajstić information content (AvgIpc) is 3.40. The second-order valence-corrected chi connectivity index (χ2v) is 10.7. The minimum atomic E-state index is -0.892. The van der Waals surface area contributed by atoms with Crippen LogP contribution in [0.3, 0.4) is 0 Å². The lowest BCUT2D eigenvalue weighted by molar-refractivity contribution is -0.130. The molecule has 5 rings (SSSR count). The van der Waals surface area contributed by atoms with Gasteiger partial charge in [0.05, 0.1) is 6.04 Å². The molecule has 1 saturated heterocycles. The number of carbonyl (C=O) groups is 2. The Morgan fingerprint density at radius 3 is 2.46 bits per heavy atom. The minimum absolute atomic E-state index is 0.0464. The van der Waals surface area contributed by atoms with E-state index in [1.165, 1.54) is 12.1 Å². The van der Waals surface area contributed by atoms with Crippen molar-refractivity contribution in [3.05, 3.63) is 83.3 Å². The molecule has 0 spiro atoms. The molecule has 8 nitrogen and oxygen atoms in total. The third kappa shape index (κ3) is 6.19. The van der Waals surface area contributed by atoms with E-state index in [-0.39, 0.29) is 29.6 Å². The summed E-state index contributed by atoms with van der Waals surface area (Å²) in [6.07, 6.45) is 5.36. The van der Waals surface area contributed by atoms with E-state index in [2.05, 4.69) is 37.8 Å². The van der Waals surface area contributed by atoms with Gasteiger partial charge in [-0.15, -0.1) is 0 Å². The molecule has 3 aromatic rings. The van der Waals surface area contributed by atoms with Crippen molar-refractivity contribution in [2.24, 2.45) is 5.92 Å². The highest BCUT2D eigenvalue weighted by molar-refractivity contribution is 5.87. The topological polar surface area (TPSA) is 100 Å². The number of nitrogens with zero attached hydrogens (tertiary/aromatic N) is 3. The SMILES string of the molecule is CNC(=O)C1(c2nc(Cc3ccc(F)cc3)no2)CCN(CC[C@H](NC(=O)C2CCC2)c2ccccc2)CC1. The molecule has 1 aliphatic heterocycles. The van der Waals surface area contributed by atoms with Crippen LogP contribution >= 0.6 is 0 Å². The smallest absolute Gasteiger partial charge is 0.242 e. The van der Waals surface area contributed by atoms with Crippen LogP contribution in [-0.2, 0) is 21.4 Å². The number of carbonyl (C=O) groups excluding carboxylic acids is 2. The highest BCUT2D eigenvalue weighted by Crippen LogP contribution is 2.36. The van der Waals surface area contributed by atoms with Crippen molar-refractivity contribution >= 4 is 11.8 Å². The van der Waals surface area contributed by atoms with Gasteiger partial charge in [-0.05, 0) is 68.5 Å². The Hall–Kier alpha value is -3.59. The molecule has 0 radical (unpaired) electrons. The fourth-order valence-electron chi connectivity index (χ4n) is 5.52. The Kier molecular flexibility index (Phi) is 8.35. The van der Waals surface area contributed by atoms with Gasteiger partial charge in [0.15, 0.2) is 5.82 Å². The lowest BCUT2D eigenvalue weighted by Crippen LogP contribution is -2.51. The van der Waals surface area contributed by atoms with Crippen molar-refractivity contribution in [1.29, 1.82) is 0 Å². The van der Waals surface area contributed by atoms with Gasteiger partial charge in [0.1, 0.15) is 11.2 Å². The van der Waals surface area contributed by atoms with E-state index in [1.54, 1.807) is 19.2 Å². The molecule has 206 valence electrons. The first-order valence-corrected chi connectivity index (χ1v) is 13.8. The van der Waals surface area contributed by atoms with Crippen LogP contribution in [0.2, 0.25) is 0 Å². The first kappa shape index (κ1) is 27.0. The summed E-state index contributed by atoms with van der Waals surface area (Å²) < 4.78 is 18.9.